The van der Waals surface area contributed by atoms with Gasteiger partial charge in [-0.3, -0.25) is 0 Å². The first-order valence-electron chi connectivity index (χ1n) is 5.19. The molecule has 0 fully saturated rings. The zero-order chi connectivity index (χ0) is 12.9. The number of benzene rings is 1. The van der Waals surface area contributed by atoms with Crippen molar-refractivity contribution in [3.05, 3.63) is 35.9 Å². The third-order valence-electron chi connectivity index (χ3n) is 2.45. The van der Waals surface area contributed by atoms with Crippen molar-refractivity contribution in [3.63, 3.8) is 0 Å². The van der Waals surface area contributed by atoms with Crippen LogP contribution in [-0.4, -0.2) is 35.6 Å². The van der Waals surface area contributed by atoms with Gasteiger partial charge in [0, 0.05) is 5.56 Å². The van der Waals surface area contributed by atoms with Gasteiger partial charge in [0.05, 0.1) is 6.61 Å². The number of halogens is 3. The number of hydrogen-bond donors (Lipinski definition) is 3. The van der Waals surface area contributed by atoms with E-state index >= 15 is 0 Å². The Morgan fingerprint density at radius 3 is 2.24 bits per heavy atom. The van der Waals surface area contributed by atoms with Gasteiger partial charge in [0.25, 0.3) is 0 Å². The number of aliphatic hydroxyl groups is 2. The smallest absolute Gasteiger partial charge is 0.390 e. The molecule has 6 heteroatoms. The van der Waals surface area contributed by atoms with Gasteiger partial charge in [-0.05, 0) is 0 Å². The average Bonchev–Trinajstić information content (AvgIpc) is 2.29. The van der Waals surface area contributed by atoms with Crippen LogP contribution in [-0.2, 0) is 0 Å². The second-order valence-corrected chi connectivity index (χ2v) is 3.73. The van der Waals surface area contributed by atoms with Crippen molar-refractivity contribution in [2.24, 2.45) is 0 Å². The topological polar surface area (TPSA) is 57.1 Å². The lowest BCUT2D eigenvalue weighted by molar-refractivity contribution is -0.706. The molecule has 1 aromatic rings. The quantitative estimate of drug-likeness (QED) is 0.699. The lowest BCUT2D eigenvalue weighted by Gasteiger charge is -2.17. The minimum absolute atomic E-state index is 0.283. The van der Waals surface area contributed by atoms with Crippen molar-refractivity contribution in [2.45, 2.75) is 18.3 Å². The van der Waals surface area contributed by atoms with Crippen LogP contribution in [0.15, 0.2) is 30.3 Å². The third-order valence-corrected chi connectivity index (χ3v) is 2.45. The average molecular weight is 250 g/mol. The van der Waals surface area contributed by atoms with Gasteiger partial charge in [0.1, 0.15) is 12.6 Å². The van der Waals surface area contributed by atoms with E-state index in [1.165, 1.54) is 5.32 Å². The summed E-state index contributed by atoms with van der Waals surface area (Å²) in [5.74, 6) is 0. The number of aliphatic hydroxyl groups excluding tert-OH is 2. The summed E-state index contributed by atoms with van der Waals surface area (Å²) in [6.45, 7) is -0.807. The largest absolute Gasteiger partial charge is 0.419 e. The first-order chi connectivity index (χ1) is 7.95. The minimum Gasteiger partial charge on any atom is -0.390 e. The predicted molar refractivity (Wildman–Crippen MR) is 55.1 cm³/mol. The Balaban J connectivity index is 2.55. The molecule has 0 bridgehead atoms. The van der Waals surface area contributed by atoms with E-state index in [2.05, 4.69) is 0 Å². The van der Waals surface area contributed by atoms with Crippen molar-refractivity contribution in [3.8, 4) is 0 Å². The molecule has 0 aliphatic heterocycles. The Kier molecular flexibility index (Phi) is 4.92. The molecule has 0 saturated carbocycles. The summed E-state index contributed by atoms with van der Waals surface area (Å²) in [5, 5.41) is 19.2. The molecule has 0 heterocycles. The predicted octanol–water partition coefficient (Wildman–Crippen LogP) is 0.207. The van der Waals surface area contributed by atoms with Gasteiger partial charge < -0.3 is 15.5 Å². The summed E-state index contributed by atoms with van der Waals surface area (Å²) in [5.41, 5.74) is 0.726. The van der Waals surface area contributed by atoms with Crippen molar-refractivity contribution in [1.29, 1.82) is 0 Å². The summed E-state index contributed by atoms with van der Waals surface area (Å²) >= 11 is 0. The summed E-state index contributed by atoms with van der Waals surface area (Å²) < 4.78 is 36.2. The highest BCUT2D eigenvalue weighted by atomic mass is 19.4. The molecule has 0 spiro atoms. The molecule has 2 atom stereocenters. The molecule has 0 aliphatic rings. The fourth-order valence-electron chi connectivity index (χ4n) is 1.44. The third kappa shape index (κ3) is 4.33. The van der Waals surface area contributed by atoms with Crippen LogP contribution in [0.25, 0.3) is 0 Å². The van der Waals surface area contributed by atoms with E-state index < -0.39 is 24.9 Å². The maximum Gasteiger partial charge on any atom is 0.419 e. The molecule has 0 radical (unpaired) electrons. The van der Waals surface area contributed by atoms with E-state index in [9.17, 15) is 13.2 Å². The Hall–Kier alpha value is -1.11. The maximum atomic E-state index is 12.1. The molecule has 0 amide bonds. The standard InChI is InChI=1S/C11H14F3NO2/c12-11(13,14)10(17)6-15-9(7-16)8-4-2-1-3-5-8/h1-5,9-10,15-17H,6-7H2/p+1/t9-,10-/m0/s1. The highest BCUT2D eigenvalue weighted by Gasteiger charge is 2.39. The molecule has 96 valence electrons. The lowest BCUT2D eigenvalue weighted by Crippen LogP contribution is -2.88. The van der Waals surface area contributed by atoms with E-state index in [-0.39, 0.29) is 6.61 Å². The molecular formula is C11H15F3NO2+. The van der Waals surface area contributed by atoms with E-state index in [4.69, 9.17) is 10.2 Å². The summed E-state index contributed by atoms with van der Waals surface area (Å²) in [4.78, 5) is 0. The molecule has 0 saturated heterocycles. The van der Waals surface area contributed by atoms with Crippen LogP contribution in [0.2, 0.25) is 0 Å². The number of alkyl halides is 3. The Morgan fingerprint density at radius 1 is 1.18 bits per heavy atom. The summed E-state index contributed by atoms with van der Waals surface area (Å²) in [6.07, 6.45) is -6.99. The highest BCUT2D eigenvalue weighted by molar-refractivity contribution is 5.16. The molecule has 0 unspecified atom stereocenters. The fraction of sp³-hybridized carbons (Fsp3) is 0.455. The van der Waals surface area contributed by atoms with Gasteiger partial charge in [0.2, 0.25) is 0 Å². The zero-order valence-corrected chi connectivity index (χ0v) is 9.06. The zero-order valence-electron chi connectivity index (χ0n) is 9.06. The minimum atomic E-state index is -4.62. The van der Waals surface area contributed by atoms with Crippen LogP contribution in [0.4, 0.5) is 13.2 Å². The Morgan fingerprint density at radius 2 is 1.76 bits per heavy atom. The highest BCUT2D eigenvalue weighted by Crippen LogP contribution is 2.18. The number of hydrogen-bond acceptors (Lipinski definition) is 2. The number of quaternary nitrogens is 1. The molecule has 17 heavy (non-hydrogen) atoms. The molecule has 1 rings (SSSR count). The first-order valence-corrected chi connectivity index (χ1v) is 5.19. The van der Waals surface area contributed by atoms with Crippen LogP contribution in [0.3, 0.4) is 0 Å². The molecule has 0 aromatic heterocycles. The van der Waals surface area contributed by atoms with Gasteiger partial charge in [0.15, 0.2) is 6.10 Å². The van der Waals surface area contributed by atoms with E-state index in [1.54, 1.807) is 30.3 Å². The van der Waals surface area contributed by atoms with Gasteiger partial charge in [-0.1, -0.05) is 30.3 Å². The monoisotopic (exact) mass is 250 g/mol. The van der Waals surface area contributed by atoms with Gasteiger partial charge >= 0.3 is 6.18 Å². The normalized spacial score (nSPS) is 15.6. The maximum absolute atomic E-state index is 12.1. The van der Waals surface area contributed by atoms with Gasteiger partial charge in [-0.15, -0.1) is 0 Å². The first kappa shape index (κ1) is 14.0. The van der Waals surface area contributed by atoms with Crippen LogP contribution >= 0.6 is 0 Å². The second-order valence-electron chi connectivity index (χ2n) is 3.73. The van der Waals surface area contributed by atoms with Crippen molar-refractivity contribution >= 4 is 0 Å². The lowest BCUT2D eigenvalue weighted by atomic mass is 10.1. The van der Waals surface area contributed by atoms with Crippen molar-refractivity contribution in [1.82, 2.24) is 0 Å². The molecular weight excluding hydrogens is 235 g/mol. The molecule has 3 nitrogen and oxygen atoms in total. The van der Waals surface area contributed by atoms with Crippen LogP contribution in [0, 0.1) is 0 Å². The molecule has 1 aromatic carbocycles. The van der Waals surface area contributed by atoms with Gasteiger partial charge in [-0.25, -0.2) is 0 Å². The SMILES string of the molecule is OC[C@H]([NH2+]C[C@H](O)C(F)(F)F)c1ccccc1. The molecule has 4 N–H and O–H groups in total. The van der Waals surface area contributed by atoms with E-state index in [1.807, 2.05) is 0 Å². The Labute approximate surface area is 96.9 Å². The number of rotatable bonds is 5. The second kappa shape index (κ2) is 6.00. The summed E-state index contributed by atoms with van der Waals surface area (Å²) in [7, 11) is 0. The van der Waals surface area contributed by atoms with Crippen LogP contribution in [0.5, 0.6) is 0 Å². The fourth-order valence-corrected chi connectivity index (χ4v) is 1.44. The Bertz CT molecular complexity index is 329. The van der Waals surface area contributed by atoms with Crippen LogP contribution < -0.4 is 5.32 Å². The van der Waals surface area contributed by atoms with E-state index in [0.29, 0.717) is 0 Å². The van der Waals surface area contributed by atoms with Crippen LogP contribution in [0.1, 0.15) is 11.6 Å². The van der Waals surface area contributed by atoms with Crippen molar-refractivity contribution in [2.75, 3.05) is 13.2 Å². The molecule has 0 aliphatic carbocycles. The number of nitrogens with two attached hydrogens (primary N) is 1. The van der Waals surface area contributed by atoms with Gasteiger partial charge in [-0.2, -0.15) is 13.2 Å². The van der Waals surface area contributed by atoms with E-state index in [0.717, 1.165) is 5.56 Å². The van der Waals surface area contributed by atoms with Crippen molar-refractivity contribution < 1.29 is 28.7 Å². The summed E-state index contributed by atoms with van der Waals surface area (Å²) in [6, 6.07) is 8.21.